The van der Waals surface area contributed by atoms with Crippen LogP contribution in [0.15, 0.2) is 12.2 Å². The summed E-state index contributed by atoms with van der Waals surface area (Å²) in [5, 5.41) is 177. The monoisotopic (exact) mass is 1640 g/mol. The first-order valence-corrected chi connectivity index (χ1v) is 36.2. The molecule has 577 valence electrons. The third-order valence-corrected chi connectivity index (χ3v) is 19.4. The summed E-state index contributed by atoms with van der Waals surface area (Å²) in [6, 6.07) is -2.82. The summed E-state index contributed by atoms with van der Waals surface area (Å²) >= 11 is 0. The molecule has 19 unspecified atom stereocenters. The Bertz CT molecular complexity index is 2180. The molecule has 0 aromatic rings. The van der Waals surface area contributed by atoms with Gasteiger partial charge in [0.2, 0.25) is 5.91 Å². The fourth-order valence-corrected chi connectivity index (χ4v) is 13.2. The van der Waals surface area contributed by atoms with Crippen LogP contribution in [0, 0.1) is 44.1 Å². The van der Waals surface area contributed by atoms with Gasteiger partial charge in [-0.05, 0) is 26.2 Å². The van der Waals surface area contributed by atoms with E-state index in [1.165, 1.54) is 96.8 Å². The zero-order chi connectivity index (χ0) is 71.4. The standard InChI is InChI=1S/C67H121N2O29.Ac/c1-4-6-8-10-12-14-16-17-19-20-22-24-26-28-40(74)39(69-47(76)29-27-25-23-21-18-15-13-11-9-7-5-2)36-87-62-41(75)31-42(44(33-71)92-62)90-66-57(85)54(82)58(46(35-73)94-66)95-64-51(79)43(30-38(32-70)89-64)91-63-48(68)59(50(78)45(34-72)93-63)96-67-60(53(81)55(83)61(86)98-67)97-65-56(84)52(80)49(77)37(3)88-65;/h26,28,37-46,48-68,70-75,77-86H,4-25,27,29-36H2,1-3H3,(H,69,76);/q-1;/b28-26+;/t37?,38?,39?,40?,41?,42-,43?,44?,45?,46?,48?,49+,50+,51?,52?,53?,54?,55+,56?,57?,58-,59?,60?,61?,62+,63+,64-,65-,66+,67+;/m0./s1. The minimum Gasteiger partial charge on any atom is -0.668 e. The Morgan fingerprint density at radius 3 is 1.56 bits per heavy atom. The molecule has 99 heavy (non-hydrogen) atoms. The van der Waals surface area contributed by atoms with Crippen molar-refractivity contribution >= 4 is 5.91 Å². The van der Waals surface area contributed by atoms with Crippen molar-refractivity contribution in [2.75, 3.05) is 33.0 Å². The van der Waals surface area contributed by atoms with Gasteiger partial charge in [-0.2, -0.15) is 0 Å². The largest absolute Gasteiger partial charge is 0.668 e. The average Bonchev–Trinajstić information content (AvgIpc) is 0.781. The van der Waals surface area contributed by atoms with Gasteiger partial charge in [0.05, 0.1) is 75.7 Å². The number of carbonyl (C=O) groups excluding carboxylic acids is 1. The minimum atomic E-state index is -2.16. The summed E-state index contributed by atoms with van der Waals surface area (Å²) < 4.78 is 70.1. The van der Waals surface area contributed by atoms with E-state index in [9.17, 15) is 86.5 Å². The second kappa shape index (κ2) is 47.3. The van der Waals surface area contributed by atoms with Crippen molar-refractivity contribution in [3.05, 3.63) is 17.9 Å². The van der Waals surface area contributed by atoms with Crippen LogP contribution in [0.5, 0.6) is 0 Å². The van der Waals surface area contributed by atoms with Gasteiger partial charge in [-0.3, -0.25) is 4.79 Å². The van der Waals surface area contributed by atoms with Crippen molar-refractivity contribution < 1.29 is 187 Å². The molecule has 6 saturated heterocycles. The quantitative estimate of drug-likeness (QED) is 0.0278. The summed E-state index contributed by atoms with van der Waals surface area (Å²) in [5.41, 5.74) is 9.15. The molecule has 6 heterocycles. The zero-order valence-electron chi connectivity index (χ0n) is 57.9. The Kier molecular flexibility index (Phi) is 42.6. The van der Waals surface area contributed by atoms with Gasteiger partial charge in [0.15, 0.2) is 37.7 Å². The normalized spacial score (nSPS) is 39.0. The minimum absolute atomic E-state index is 0. The smallest absolute Gasteiger partial charge is 0.220 e. The van der Waals surface area contributed by atoms with Crippen LogP contribution in [0.4, 0.5) is 0 Å². The van der Waals surface area contributed by atoms with E-state index >= 15 is 0 Å². The molecule has 31 nitrogen and oxygen atoms in total. The van der Waals surface area contributed by atoms with Crippen molar-refractivity contribution in [2.24, 2.45) is 0 Å². The van der Waals surface area contributed by atoms with Crippen molar-refractivity contribution in [3.63, 3.8) is 0 Å². The number of carbonyl (C=O) groups is 1. The van der Waals surface area contributed by atoms with Crippen LogP contribution < -0.4 is 5.32 Å². The number of rotatable bonds is 44. The number of nitrogens with one attached hydrogen (secondary N) is 2. The number of amides is 1. The van der Waals surface area contributed by atoms with Gasteiger partial charge in [0.1, 0.15) is 97.8 Å². The van der Waals surface area contributed by atoms with Crippen LogP contribution in [-0.2, 0) is 61.6 Å². The third-order valence-electron chi connectivity index (χ3n) is 19.4. The van der Waals surface area contributed by atoms with E-state index in [2.05, 4.69) is 19.2 Å². The molecule has 0 aliphatic carbocycles. The van der Waals surface area contributed by atoms with Crippen LogP contribution in [0.1, 0.15) is 188 Å². The molecule has 32 heteroatoms. The van der Waals surface area contributed by atoms with Gasteiger partial charge in [-0.25, -0.2) is 0 Å². The molecule has 6 aliphatic rings. The number of hydrogen-bond acceptors (Lipinski definition) is 29. The van der Waals surface area contributed by atoms with Gasteiger partial charge in [-0.1, -0.05) is 160 Å². The molecule has 1 radical (unpaired) electrons. The Hall–Kier alpha value is -0.508. The van der Waals surface area contributed by atoms with Crippen LogP contribution >= 0.6 is 0 Å². The second-order valence-corrected chi connectivity index (χ2v) is 27.3. The first-order valence-electron chi connectivity index (χ1n) is 36.2. The predicted octanol–water partition coefficient (Wildman–Crippen LogP) is -0.169. The Labute approximate surface area is 617 Å². The Morgan fingerprint density at radius 1 is 0.475 bits per heavy atom. The molecule has 0 saturated carbocycles. The fourth-order valence-electron chi connectivity index (χ4n) is 13.2. The number of allylic oxidation sites excluding steroid dienone is 1. The predicted molar refractivity (Wildman–Crippen MR) is 345 cm³/mol. The van der Waals surface area contributed by atoms with Crippen LogP contribution in [0.2, 0.25) is 0 Å². The van der Waals surface area contributed by atoms with E-state index in [0.717, 1.165) is 51.4 Å². The third kappa shape index (κ3) is 27.3. The maximum Gasteiger partial charge on any atom is 0.220 e. The first-order chi connectivity index (χ1) is 47.1. The van der Waals surface area contributed by atoms with Gasteiger partial charge in [0, 0.05) is 63.3 Å². The average molecular weight is 1650 g/mol. The van der Waals surface area contributed by atoms with Crippen molar-refractivity contribution in [2.45, 2.75) is 372 Å². The van der Waals surface area contributed by atoms with E-state index < -0.39 is 211 Å². The number of unbranched alkanes of at least 4 members (excludes halogenated alkanes) is 21. The molecule has 6 fully saturated rings. The van der Waals surface area contributed by atoms with E-state index in [-0.39, 0.29) is 75.8 Å². The zero-order valence-corrected chi connectivity index (χ0v) is 62.7. The molecule has 0 aromatic carbocycles. The summed E-state index contributed by atoms with van der Waals surface area (Å²) in [4.78, 5) is 13.4. The summed E-state index contributed by atoms with van der Waals surface area (Å²) in [6.45, 7) is 2.18. The van der Waals surface area contributed by atoms with E-state index in [1.54, 1.807) is 6.08 Å². The Morgan fingerprint density at radius 2 is 0.970 bits per heavy atom. The van der Waals surface area contributed by atoms with E-state index in [1.807, 2.05) is 6.08 Å². The molecule has 0 spiro atoms. The molecule has 18 N–H and O–H groups in total. The summed E-state index contributed by atoms with van der Waals surface area (Å²) in [5.74, 6) is -0.271. The summed E-state index contributed by atoms with van der Waals surface area (Å²) in [7, 11) is 0. The molecule has 6 aliphatic heterocycles. The molecule has 0 aromatic heterocycles. The maximum absolute atomic E-state index is 13.4. The molecule has 6 rings (SSSR count). The van der Waals surface area contributed by atoms with Gasteiger partial charge in [-0.15, -0.1) is 0 Å². The number of ether oxygens (including phenoxy) is 12. The number of hydrogen-bond donors (Lipinski definition) is 17. The van der Waals surface area contributed by atoms with Gasteiger partial charge >= 0.3 is 0 Å². The molecule has 0 bridgehead atoms. The molecule has 30 atom stereocenters. The van der Waals surface area contributed by atoms with Crippen LogP contribution in [0.3, 0.4) is 0 Å². The topological polar surface area (TPSA) is 487 Å². The number of aliphatic hydroxyl groups is 16. The van der Waals surface area contributed by atoms with Gasteiger partial charge in [0.25, 0.3) is 0 Å². The molecular weight excluding hydrogens is 1520 g/mol. The SMILES string of the molecule is CCCCCCCCCCCCC/C=C/C(O)C(CO[C@@H]1OC(CO)[C@@H](O[C@@H]2OC(CO)[C@H](O[C@@H]3OC(CO)CC(O[C@@H]4OC(CO)[C@@H](O)C(O[C@@H]5OC(O)[C@H](O)C(O)C5O[C@@H]5OC(C)[C@@H](O)C(O)C5O)C4[NH-])C3O)C(O)C2O)CC1O)NC(=O)CCCCCCCCCCCCC.[Ac]. The first kappa shape index (κ1) is 89.1. The molecule has 1 amide bonds. The van der Waals surface area contributed by atoms with Crippen LogP contribution in [0.25, 0.3) is 5.73 Å². The number of aliphatic hydroxyl groups excluding tert-OH is 16. The molecular formula is C67H121AcN2O29-. The van der Waals surface area contributed by atoms with E-state index in [4.69, 9.17) is 62.6 Å². The fraction of sp³-hybridized carbons (Fsp3) is 0.955. The Balaban J connectivity index is 0.0000177. The maximum atomic E-state index is 13.4. The van der Waals surface area contributed by atoms with Crippen LogP contribution in [-0.4, -0.2) is 305 Å². The summed E-state index contributed by atoms with van der Waals surface area (Å²) in [6.07, 6.45) is -18.4. The van der Waals surface area contributed by atoms with Crippen molar-refractivity contribution in [1.29, 1.82) is 0 Å². The van der Waals surface area contributed by atoms with Gasteiger partial charge < -0.3 is 150 Å². The van der Waals surface area contributed by atoms with E-state index in [0.29, 0.717) is 6.42 Å². The van der Waals surface area contributed by atoms with Crippen molar-refractivity contribution in [3.8, 4) is 0 Å². The second-order valence-electron chi connectivity index (χ2n) is 27.3. The van der Waals surface area contributed by atoms with Crippen molar-refractivity contribution in [1.82, 2.24) is 5.32 Å².